The number of esters is 1. The Hall–Kier alpha value is -2.24. The van der Waals surface area contributed by atoms with Crippen LogP contribution in [0.25, 0.3) is 0 Å². The fourth-order valence-electron chi connectivity index (χ4n) is 2.85. The third-order valence-corrected chi connectivity index (χ3v) is 3.91. The van der Waals surface area contributed by atoms with Gasteiger partial charge in [0.25, 0.3) is 0 Å². The van der Waals surface area contributed by atoms with E-state index in [1.807, 2.05) is 0 Å². The number of hydrogen-bond donors (Lipinski definition) is 0. The summed E-state index contributed by atoms with van der Waals surface area (Å²) in [7, 11) is 2.56. The number of nitrogens with zero attached hydrogens (tertiary/aromatic N) is 1. The Bertz CT molecular complexity index is 704. The fraction of sp³-hybridized carbons (Fsp3) is 0.500. The Kier molecular flexibility index (Phi) is 3.50. The standard InChI is InChI=1S/C16H19NO5/c1-10(9-18)8-16(15(20)22-3)11-4-7-14(21-2)17-12(11)5-6-13(16)19/h4,7,9-10H,5-6,8H2,1-3H3/i1D3. The van der Waals surface area contributed by atoms with Crippen molar-refractivity contribution in [1.29, 1.82) is 0 Å². The molecule has 118 valence electrons. The molecule has 1 aromatic rings. The summed E-state index contributed by atoms with van der Waals surface area (Å²) in [4.78, 5) is 40.9. The van der Waals surface area contributed by atoms with E-state index in [9.17, 15) is 14.4 Å². The molecule has 2 rings (SSSR count). The molecule has 0 saturated carbocycles. The van der Waals surface area contributed by atoms with Crippen LogP contribution in [0.1, 0.15) is 35.1 Å². The van der Waals surface area contributed by atoms with Gasteiger partial charge in [-0.3, -0.25) is 9.59 Å². The highest BCUT2D eigenvalue weighted by Crippen LogP contribution is 2.40. The maximum atomic E-state index is 12.8. The van der Waals surface area contributed by atoms with Crippen LogP contribution in [0.15, 0.2) is 12.1 Å². The van der Waals surface area contributed by atoms with Crippen molar-refractivity contribution in [2.24, 2.45) is 5.92 Å². The molecule has 2 unspecified atom stereocenters. The molecule has 0 spiro atoms. The van der Waals surface area contributed by atoms with Crippen molar-refractivity contribution in [2.45, 2.75) is 31.5 Å². The molecule has 0 N–H and O–H groups in total. The van der Waals surface area contributed by atoms with Gasteiger partial charge in [0.05, 0.1) is 14.2 Å². The zero-order valence-corrected chi connectivity index (χ0v) is 12.4. The van der Waals surface area contributed by atoms with Crippen molar-refractivity contribution in [3.63, 3.8) is 0 Å². The Morgan fingerprint density at radius 3 is 2.86 bits per heavy atom. The van der Waals surface area contributed by atoms with Crippen LogP contribution in [0.5, 0.6) is 5.88 Å². The van der Waals surface area contributed by atoms with Crippen LogP contribution in [0.2, 0.25) is 0 Å². The summed E-state index contributed by atoms with van der Waals surface area (Å²) in [5.41, 5.74) is -1.13. The second-order valence-corrected chi connectivity index (χ2v) is 5.11. The molecule has 1 aliphatic rings. The molecular weight excluding hydrogens is 286 g/mol. The largest absolute Gasteiger partial charge is 0.481 e. The number of aldehydes is 1. The number of ether oxygens (including phenoxy) is 2. The first kappa shape index (κ1) is 12.3. The van der Waals surface area contributed by atoms with E-state index >= 15 is 0 Å². The van der Waals surface area contributed by atoms with Crippen LogP contribution in [0.4, 0.5) is 0 Å². The van der Waals surface area contributed by atoms with E-state index < -0.39 is 36.4 Å². The number of aromatic nitrogens is 1. The molecule has 22 heavy (non-hydrogen) atoms. The van der Waals surface area contributed by atoms with Gasteiger partial charge in [-0.25, -0.2) is 4.98 Å². The molecule has 1 aliphatic carbocycles. The normalized spacial score (nSPS) is 24.3. The molecule has 0 aliphatic heterocycles. The zero-order valence-electron chi connectivity index (χ0n) is 15.4. The summed E-state index contributed by atoms with van der Waals surface area (Å²) >= 11 is 0. The van der Waals surface area contributed by atoms with Gasteiger partial charge in [0, 0.05) is 28.2 Å². The van der Waals surface area contributed by atoms with E-state index in [2.05, 4.69) is 4.98 Å². The van der Waals surface area contributed by atoms with E-state index in [0.29, 0.717) is 18.0 Å². The van der Waals surface area contributed by atoms with E-state index in [0.717, 1.165) is 7.11 Å². The highest BCUT2D eigenvalue weighted by Gasteiger charge is 2.52. The van der Waals surface area contributed by atoms with Gasteiger partial charge in [0.2, 0.25) is 5.88 Å². The second-order valence-electron chi connectivity index (χ2n) is 5.11. The number of ketones is 1. The predicted octanol–water partition coefficient (Wildman–Crippen LogP) is 1.24. The van der Waals surface area contributed by atoms with Crippen molar-refractivity contribution >= 4 is 18.0 Å². The van der Waals surface area contributed by atoms with Gasteiger partial charge in [-0.05, 0) is 18.4 Å². The van der Waals surface area contributed by atoms with Gasteiger partial charge >= 0.3 is 5.97 Å². The molecule has 0 radical (unpaired) electrons. The number of aryl methyl sites for hydroxylation is 1. The summed E-state index contributed by atoms with van der Waals surface area (Å²) in [6.45, 7) is -2.64. The molecular formula is C16H19NO5. The molecule has 6 heteroatoms. The van der Waals surface area contributed by atoms with Crippen molar-refractivity contribution < 1.29 is 28.0 Å². The predicted molar refractivity (Wildman–Crippen MR) is 77.7 cm³/mol. The Labute approximate surface area is 133 Å². The first-order valence-corrected chi connectivity index (χ1v) is 6.82. The topological polar surface area (TPSA) is 82.6 Å². The van der Waals surface area contributed by atoms with Gasteiger partial charge in [-0.1, -0.05) is 12.9 Å². The van der Waals surface area contributed by atoms with Crippen molar-refractivity contribution in [2.75, 3.05) is 14.2 Å². The molecule has 1 heterocycles. The summed E-state index contributed by atoms with van der Waals surface area (Å²) in [6.07, 6.45) is 0.0637. The maximum absolute atomic E-state index is 12.8. The van der Waals surface area contributed by atoms with Gasteiger partial charge in [-0.15, -0.1) is 0 Å². The fourth-order valence-corrected chi connectivity index (χ4v) is 2.85. The smallest absolute Gasteiger partial charge is 0.323 e. The van der Waals surface area contributed by atoms with Crippen LogP contribution in [-0.4, -0.2) is 37.2 Å². The lowest BCUT2D eigenvalue weighted by Gasteiger charge is -2.35. The molecule has 0 amide bonds. The third kappa shape index (κ3) is 2.49. The van der Waals surface area contributed by atoms with E-state index in [-0.39, 0.29) is 18.3 Å². The van der Waals surface area contributed by atoms with E-state index in [4.69, 9.17) is 13.6 Å². The van der Waals surface area contributed by atoms with Gasteiger partial charge in [-0.2, -0.15) is 0 Å². The lowest BCUT2D eigenvalue weighted by molar-refractivity contribution is -0.153. The third-order valence-electron chi connectivity index (χ3n) is 3.91. The van der Waals surface area contributed by atoms with Crippen LogP contribution in [-0.2, 0) is 31.0 Å². The lowest BCUT2D eigenvalue weighted by Crippen LogP contribution is -2.49. The Balaban J connectivity index is 2.66. The number of carbonyl (C=O) groups is 3. The molecule has 2 atom stereocenters. The Morgan fingerprint density at radius 2 is 2.27 bits per heavy atom. The van der Waals surface area contributed by atoms with Gasteiger partial charge < -0.3 is 14.3 Å². The van der Waals surface area contributed by atoms with Crippen LogP contribution in [0, 0.1) is 5.92 Å². The number of methoxy groups -OCH3 is 2. The van der Waals surface area contributed by atoms with Crippen molar-refractivity contribution in [3.8, 4) is 5.88 Å². The van der Waals surface area contributed by atoms with Crippen LogP contribution in [0.3, 0.4) is 0 Å². The van der Waals surface area contributed by atoms with Gasteiger partial charge in [0.15, 0.2) is 11.2 Å². The minimum Gasteiger partial charge on any atom is -0.481 e. The van der Waals surface area contributed by atoms with Gasteiger partial charge in [0.1, 0.15) is 6.29 Å². The van der Waals surface area contributed by atoms with Crippen LogP contribution < -0.4 is 4.74 Å². The zero-order chi connectivity index (χ0) is 18.8. The molecule has 0 bridgehead atoms. The quantitative estimate of drug-likeness (QED) is 0.462. The average molecular weight is 308 g/mol. The maximum Gasteiger partial charge on any atom is 0.323 e. The number of Topliss-reactive ketones (excluding diaryl/α,β-unsaturated/α-hetero) is 1. The van der Waals surface area contributed by atoms with E-state index in [1.165, 1.54) is 19.2 Å². The summed E-state index contributed by atoms with van der Waals surface area (Å²) in [5.74, 6) is -2.53. The van der Waals surface area contributed by atoms with Crippen molar-refractivity contribution in [3.05, 3.63) is 23.4 Å². The molecule has 6 nitrogen and oxygen atoms in total. The second kappa shape index (κ2) is 6.25. The average Bonchev–Trinajstić information content (AvgIpc) is 2.59. The monoisotopic (exact) mass is 308 g/mol. The number of hydrogen-bond acceptors (Lipinski definition) is 6. The summed E-state index contributed by atoms with van der Waals surface area (Å²) in [6, 6.07) is 3.00. The highest BCUT2D eigenvalue weighted by molar-refractivity contribution is 6.11. The lowest BCUT2D eigenvalue weighted by atomic mass is 9.66. The summed E-state index contributed by atoms with van der Waals surface area (Å²) < 4.78 is 32.4. The highest BCUT2D eigenvalue weighted by atomic mass is 16.5. The molecule has 1 aromatic heterocycles. The number of carbonyl (C=O) groups excluding carboxylic acids is 3. The van der Waals surface area contributed by atoms with E-state index in [1.54, 1.807) is 0 Å². The molecule has 0 aromatic carbocycles. The molecule has 0 fully saturated rings. The SMILES string of the molecule is [2H]C([2H])([2H])C(C=O)CC1(C(=O)OC)C(=O)CCc2nc(OC)ccc21. The Morgan fingerprint density at radius 1 is 1.50 bits per heavy atom. The molecule has 0 saturated heterocycles. The summed E-state index contributed by atoms with van der Waals surface area (Å²) in [5, 5.41) is 0. The first-order valence-electron chi connectivity index (χ1n) is 8.32. The minimum atomic E-state index is -2.64. The van der Waals surface area contributed by atoms with Crippen molar-refractivity contribution in [1.82, 2.24) is 4.98 Å². The van der Waals surface area contributed by atoms with Crippen LogP contribution >= 0.6 is 0 Å². The first-order chi connectivity index (χ1) is 11.7. The number of pyridine rings is 1. The number of fused-ring (bicyclic) bond motifs is 1. The minimum absolute atomic E-state index is 0.00511. The number of rotatable bonds is 5.